The molecule has 0 saturated carbocycles. The fourth-order valence-corrected chi connectivity index (χ4v) is 2.97. The van der Waals surface area contributed by atoms with Crippen molar-refractivity contribution in [2.24, 2.45) is 0 Å². The molecule has 114 valence electrons. The Hall–Kier alpha value is -2.18. The first-order chi connectivity index (χ1) is 10.8. The largest absolute Gasteiger partial charge is 0.394 e. The number of thiazole rings is 1. The van der Waals surface area contributed by atoms with Crippen molar-refractivity contribution in [2.45, 2.75) is 20.0 Å². The van der Waals surface area contributed by atoms with Gasteiger partial charge in [0.05, 0.1) is 30.4 Å². The van der Waals surface area contributed by atoms with Gasteiger partial charge in [0.1, 0.15) is 5.82 Å². The highest BCUT2D eigenvalue weighted by molar-refractivity contribution is 7.11. The minimum atomic E-state index is 0.0598. The Morgan fingerprint density at radius 1 is 1.27 bits per heavy atom. The van der Waals surface area contributed by atoms with Crippen LogP contribution in [0.2, 0.25) is 0 Å². The van der Waals surface area contributed by atoms with Crippen LogP contribution in [0.15, 0.2) is 42.6 Å². The SMILES string of the molecule is Cc1ncc(CNc2cc(-c3ccccc3)nn2CCO)s1. The van der Waals surface area contributed by atoms with E-state index in [9.17, 15) is 5.11 Å². The van der Waals surface area contributed by atoms with Crippen LogP contribution in [0.5, 0.6) is 0 Å². The van der Waals surface area contributed by atoms with Crippen LogP contribution < -0.4 is 5.32 Å². The molecule has 0 spiro atoms. The first kappa shape index (κ1) is 14.7. The molecule has 0 aliphatic heterocycles. The molecule has 6 heteroatoms. The summed E-state index contributed by atoms with van der Waals surface area (Å²) in [6, 6.07) is 12.0. The van der Waals surface area contributed by atoms with Crippen LogP contribution in [0.25, 0.3) is 11.3 Å². The summed E-state index contributed by atoms with van der Waals surface area (Å²) in [5.41, 5.74) is 1.97. The van der Waals surface area contributed by atoms with Crippen molar-refractivity contribution in [1.82, 2.24) is 14.8 Å². The fraction of sp³-hybridized carbons (Fsp3) is 0.250. The molecule has 0 aliphatic rings. The van der Waals surface area contributed by atoms with Gasteiger partial charge < -0.3 is 10.4 Å². The molecule has 0 saturated heterocycles. The number of benzene rings is 1. The summed E-state index contributed by atoms with van der Waals surface area (Å²) in [4.78, 5) is 5.43. The molecule has 2 N–H and O–H groups in total. The number of nitrogens with zero attached hydrogens (tertiary/aromatic N) is 3. The lowest BCUT2D eigenvalue weighted by Gasteiger charge is -2.07. The Labute approximate surface area is 133 Å². The van der Waals surface area contributed by atoms with Gasteiger partial charge in [-0.1, -0.05) is 30.3 Å². The third kappa shape index (κ3) is 3.35. The Kier molecular flexibility index (Phi) is 4.50. The van der Waals surface area contributed by atoms with Crippen molar-refractivity contribution >= 4 is 17.2 Å². The van der Waals surface area contributed by atoms with Gasteiger partial charge in [-0.15, -0.1) is 11.3 Å². The first-order valence-electron chi connectivity index (χ1n) is 7.15. The number of aryl methyl sites for hydroxylation is 1. The molecule has 3 rings (SSSR count). The summed E-state index contributed by atoms with van der Waals surface area (Å²) in [5.74, 6) is 0.902. The second-order valence-corrected chi connectivity index (χ2v) is 6.25. The number of nitrogens with one attached hydrogen (secondary N) is 1. The molecule has 0 unspecified atom stereocenters. The molecular formula is C16H18N4OS. The van der Waals surface area contributed by atoms with E-state index < -0.39 is 0 Å². The first-order valence-corrected chi connectivity index (χ1v) is 7.97. The fourth-order valence-electron chi connectivity index (χ4n) is 2.24. The molecule has 3 aromatic rings. The highest BCUT2D eigenvalue weighted by atomic mass is 32.1. The van der Waals surface area contributed by atoms with Crippen molar-refractivity contribution in [1.29, 1.82) is 0 Å². The smallest absolute Gasteiger partial charge is 0.125 e. The number of hydrogen-bond donors (Lipinski definition) is 2. The third-order valence-electron chi connectivity index (χ3n) is 3.27. The van der Waals surface area contributed by atoms with Crippen LogP contribution in [0, 0.1) is 6.92 Å². The van der Waals surface area contributed by atoms with E-state index in [0.717, 1.165) is 22.1 Å². The highest BCUT2D eigenvalue weighted by Gasteiger charge is 2.09. The van der Waals surface area contributed by atoms with Crippen molar-refractivity contribution in [3.05, 3.63) is 52.5 Å². The second-order valence-electron chi connectivity index (χ2n) is 4.93. The van der Waals surface area contributed by atoms with E-state index in [-0.39, 0.29) is 6.61 Å². The Morgan fingerprint density at radius 3 is 2.77 bits per heavy atom. The molecule has 0 bridgehead atoms. The van der Waals surface area contributed by atoms with Crippen molar-refractivity contribution in [2.75, 3.05) is 11.9 Å². The standard InChI is InChI=1S/C16H18N4OS/c1-12-17-10-14(22-12)11-18-16-9-15(19-20(16)7-8-21)13-5-3-2-4-6-13/h2-6,9-10,18,21H,7-8,11H2,1H3. The Morgan fingerprint density at radius 2 is 2.09 bits per heavy atom. The molecule has 0 amide bonds. The van der Waals surface area contributed by atoms with Gasteiger partial charge in [0.2, 0.25) is 0 Å². The summed E-state index contributed by atoms with van der Waals surface area (Å²) in [6.07, 6.45) is 1.89. The minimum Gasteiger partial charge on any atom is -0.394 e. The average Bonchev–Trinajstić information content (AvgIpc) is 3.13. The number of aliphatic hydroxyl groups excluding tert-OH is 1. The zero-order valence-electron chi connectivity index (χ0n) is 12.4. The van der Waals surface area contributed by atoms with Crippen molar-refractivity contribution in [3.63, 3.8) is 0 Å². The number of aliphatic hydroxyl groups is 1. The molecule has 0 fully saturated rings. The van der Waals surface area contributed by atoms with Gasteiger partial charge in [0.15, 0.2) is 0 Å². The van der Waals surface area contributed by atoms with E-state index in [4.69, 9.17) is 0 Å². The van der Waals surface area contributed by atoms with Crippen LogP contribution in [0.1, 0.15) is 9.88 Å². The van der Waals surface area contributed by atoms with Crippen molar-refractivity contribution < 1.29 is 5.11 Å². The summed E-state index contributed by atoms with van der Waals surface area (Å²) >= 11 is 1.68. The van der Waals surface area contributed by atoms with E-state index in [1.807, 2.05) is 49.5 Å². The maximum Gasteiger partial charge on any atom is 0.125 e. The van der Waals surface area contributed by atoms with Crippen LogP contribution in [0.3, 0.4) is 0 Å². The molecule has 0 radical (unpaired) electrons. The van der Waals surface area contributed by atoms with E-state index >= 15 is 0 Å². The van der Waals surface area contributed by atoms with Crippen LogP contribution >= 0.6 is 11.3 Å². The monoisotopic (exact) mass is 314 g/mol. The number of rotatable bonds is 6. The maximum atomic E-state index is 9.22. The van der Waals surface area contributed by atoms with Crippen LogP contribution in [0.4, 0.5) is 5.82 Å². The molecule has 1 aromatic carbocycles. The summed E-state index contributed by atoms with van der Waals surface area (Å²) in [6.45, 7) is 3.23. The second kappa shape index (κ2) is 6.72. The van der Waals surface area contributed by atoms with Crippen LogP contribution in [-0.4, -0.2) is 26.5 Å². The summed E-state index contributed by atoms with van der Waals surface area (Å²) in [5, 5.41) is 18.2. The number of hydrogen-bond acceptors (Lipinski definition) is 5. The molecule has 22 heavy (non-hydrogen) atoms. The molecule has 2 aromatic heterocycles. The number of anilines is 1. The predicted octanol–water partition coefficient (Wildman–Crippen LogP) is 2.92. The normalized spacial score (nSPS) is 10.8. The van der Waals surface area contributed by atoms with Crippen LogP contribution in [-0.2, 0) is 13.1 Å². The lowest BCUT2D eigenvalue weighted by molar-refractivity contribution is 0.270. The maximum absolute atomic E-state index is 9.22. The van der Waals surface area contributed by atoms with E-state index in [1.54, 1.807) is 16.0 Å². The van der Waals surface area contributed by atoms with E-state index in [0.29, 0.717) is 13.1 Å². The topological polar surface area (TPSA) is 63.0 Å². The third-order valence-corrected chi connectivity index (χ3v) is 4.19. The quantitative estimate of drug-likeness (QED) is 0.734. The minimum absolute atomic E-state index is 0.0598. The average molecular weight is 314 g/mol. The summed E-state index contributed by atoms with van der Waals surface area (Å²) < 4.78 is 1.80. The highest BCUT2D eigenvalue weighted by Crippen LogP contribution is 2.22. The molecule has 5 nitrogen and oxygen atoms in total. The zero-order chi connectivity index (χ0) is 15.4. The molecular weight excluding hydrogens is 296 g/mol. The van der Waals surface area contributed by atoms with Gasteiger partial charge in [-0.3, -0.25) is 0 Å². The van der Waals surface area contributed by atoms with Gasteiger partial charge in [-0.2, -0.15) is 5.10 Å². The Balaban J connectivity index is 1.81. The predicted molar refractivity (Wildman–Crippen MR) is 88.9 cm³/mol. The van der Waals surface area contributed by atoms with Gasteiger partial charge in [-0.05, 0) is 6.92 Å². The lowest BCUT2D eigenvalue weighted by atomic mass is 10.2. The van der Waals surface area contributed by atoms with Gasteiger partial charge >= 0.3 is 0 Å². The van der Waals surface area contributed by atoms with Gasteiger partial charge in [0, 0.05) is 22.7 Å². The zero-order valence-corrected chi connectivity index (χ0v) is 13.2. The van der Waals surface area contributed by atoms with E-state index in [2.05, 4.69) is 15.4 Å². The molecule has 2 heterocycles. The van der Waals surface area contributed by atoms with Gasteiger partial charge in [-0.25, -0.2) is 9.67 Å². The van der Waals surface area contributed by atoms with Gasteiger partial charge in [0.25, 0.3) is 0 Å². The Bertz CT molecular complexity index is 736. The molecule has 0 atom stereocenters. The van der Waals surface area contributed by atoms with E-state index in [1.165, 1.54) is 4.88 Å². The summed E-state index contributed by atoms with van der Waals surface area (Å²) in [7, 11) is 0. The van der Waals surface area contributed by atoms with Crippen molar-refractivity contribution in [3.8, 4) is 11.3 Å². The molecule has 0 aliphatic carbocycles. The number of aromatic nitrogens is 3. The lowest BCUT2D eigenvalue weighted by Crippen LogP contribution is -2.09.